The Hall–Kier alpha value is -4.90. The number of piperidine rings is 2. The third kappa shape index (κ3) is 10.6. The molecule has 4 aromatic heterocycles. The number of aryl methyl sites for hydroxylation is 4. The van der Waals surface area contributed by atoms with Crippen LogP contribution in [-0.2, 0) is 20.5 Å². The lowest BCUT2D eigenvalue weighted by Gasteiger charge is -2.38. The quantitative estimate of drug-likeness (QED) is 0.156. The van der Waals surface area contributed by atoms with Gasteiger partial charge in [0, 0.05) is 86.3 Å². The second kappa shape index (κ2) is 19.0. The highest BCUT2D eigenvalue weighted by Gasteiger charge is 2.43. The van der Waals surface area contributed by atoms with Gasteiger partial charge in [0.25, 0.3) is 0 Å². The fourth-order valence-corrected chi connectivity index (χ4v) is 9.79. The average molecular weight is 932 g/mol. The molecule has 4 unspecified atom stereocenters. The molecule has 320 valence electrons. The van der Waals surface area contributed by atoms with Crippen LogP contribution in [0.2, 0.25) is 10.0 Å². The zero-order valence-corrected chi connectivity index (χ0v) is 37.7. The van der Waals surface area contributed by atoms with E-state index < -0.39 is 0 Å². The summed E-state index contributed by atoms with van der Waals surface area (Å²) in [4.78, 5) is 30.7. The number of benzene rings is 2. The van der Waals surface area contributed by atoms with Crippen LogP contribution in [-0.4, -0.2) is 81.7 Å². The van der Waals surface area contributed by atoms with E-state index in [9.17, 15) is 0 Å². The third-order valence-corrected chi connectivity index (χ3v) is 12.9. The molecule has 2 aliphatic carbocycles. The lowest BCUT2D eigenvalue weighted by atomic mass is 9.82. The van der Waals surface area contributed by atoms with E-state index in [1.807, 2.05) is 45.2 Å². The number of nitrogens with zero attached hydrogens (tertiary/aromatic N) is 12. The SMILES string of the molecule is Cc1cc(N2CC3CCC(C2)C3Cc2nc(Oc3cccc(Cl)c3)n(C)n2)ncn1.Cc1cc(N2CC3CCC(C2)C3N)ncn1.Cn1nc(Br)nc1Oc1cccc(Cl)c1. The van der Waals surface area contributed by atoms with Gasteiger partial charge in [0.05, 0.1) is 0 Å². The molecule has 6 aromatic rings. The maximum Gasteiger partial charge on any atom is 0.321 e. The van der Waals surface area contributed by atoms with E-state index in [-0.39, 0.29) is 0 Å². The lowest BCUT2D eigenvalue weighted by molar-refractivity contribution is 0.264. The monoisotopic (exact) mass is 929 g/mol. The van der Waals surface area contributed by atoms with Crippen LogP contribution in [0, 0.1) is 43.4 Å². The first-order valence-electron chi connectivity index (χ1n) is 20.6. The topological polar surface area (TPSA) is 164 Å². The molecule has 2 aliphatic heterocycles. The minimum Gasteiger partial charge on any atom is -0.424 e. The molecule has 15 nitrogen and oxygen atoms in total. The van der Waals surface area contributed by atoms with Crippen LogP contribution < -0.4 is 25.0 Å². The van der Waals surface area contributed by atoms with Gasteiger partial charge in [-0.2, -0.15) is 15.1 Å². The van der Waals surface area contributed by atoms with Gasteiger partial charge in [-0.1, -0.05) is 35.3 Å². The summed E-state index contributed by atoms with van der Waals surface area (Å²) in [7, 11) is 3.61. The van der Waals surface area contributed by atoms with E-state index in [1.54, 1.807) is 48.6 Å². The first-order valence-corrected chi connectivity index (χ1v) is 22.1. The Morgan fingerprint density at radius 3 is 1.61 bits per heavy atom. The number of rotatable bonds is 8. The average Bonchev–Trinajstić information content (AvgIpc) is 3.85. The molecule has 0 amide bonds. The summed E-state index contributed by atoms with van der Waals surface area (Å²) in [6, 6.07) is 19.9. The maximum absolute atomic E-state index is 6.20. The van der Waals surface area contributed by atoms with Crippen molar-refractivity contribution in [2.24, 2.45) is 49.4 Å². The molecule has 2 saturated heterocycles. The Kier molecular flexibility index (Phi) is 13.3. The molecule has 0 spiro atoms. The molecule has 6 heterocycles. The number of hydrogen-bond donors (Lipinski definition) is 1. The van der Waals surface area contributed by atoms with Crippen LogP contribution >= 0.6 is 39.1 Å². The summed E-state index contributed by atoms with van der Waals surface area (Å²) in [5, 5.41) is 9.87. The normalized spacial score (nSPS) is 22.6. The minimum atomic E-state index is 0.407. The van der Waals surface area contributed by atoms with Crippen LogP contribution in [0.3, 0.4) is 0 Å². The highest BCUT2D eigenvalue weighted by Crippen LogP contribution is 2.44. The van der Waals surface area contributed by atoms with E-state index in [1.165, 1.54) is 30.4 Å². The fourth-order valence-electron chi connectivity index (χ4n) is 9.04. The molecule has 4 atom stereocenters. The Balaban J connectivity index is 0.000000139. The molecular weight excluding hydrogens is 881 g/mol. The van der Waals surface area contributed by atoms with Gasteiger partial charge in [-0.05, 0) is 121 Å². The number of fused-ring (bicyclic) bond motifs is 4. The summed E-state index contributed by atoms with van der Waals surface area (Å²) in [5.74, 6) is 7.46. The molecule has 2 N–H and O–H groups in total. The molecule has 4 aliphatic rings. The molecule has 2 saturated carbocycles. The van der Waals surface area contributed by atoms with Crippen molar-refractivity contribution in [1.29, 1.82) is 0 Å². The number of hydrogen-bond acceptors (Lipinski definition) is 13. The smallest absolute Gasteiger partial charge is 0.321 e. The van der Waals surface area contributed by atoms with Crippen LogP contribution in [0.4, 0.5) is 11.6 Å². The maximum atomic E-state index is 6.20. The van der Waals surface area contributed by atoms with Gasteiger partial charge >= 0.3 is 12.0 Å². The molecular formula is C43H50BrCl2N13O2. The Morgan fingerprint density at radius 1 is 0.656 bits per heavy atom. The van der Waals surface area contributed by atoms with Gasteiger partial charge in [-0.15, -0.1) is 5.10 Å². The second-order valence-corrected chi connectivity index (χ2v) is 17.9. The summed E-state index contributed by atoms with van der Waals surface area (Å²) < 4.78 is 15.1. The molecule has 10 rings (SSSR count). The Labute approximate surface area is 374 Å². The van der Waals surface area contributed by atoms with Gasteiger partial charge in [-0.3, -0.25) is 0 Å². The summed E-state index contributed by atoms with van der Waals surface area (Å²) in [6.07, 6.45) is 9.29. The standard InChI is InChI=1S/C22H25ClN6O.C12H18N4.C9H7BrClN3O/c1-14-8-21(25-13-24-14)29-11-15-6-7-16(12-29)19(15)10-20-26-22(28(2)27-20)30-18-5-3-4-17(23)9-18;1-8-4-11(15-7-14-8)16-5-9-2-3-10(6-16)12(9)13;1-14-9(12-8(10)13-14)15-7-4-2-3-6(11)5-7/h3-5,8-9,13,15-16,19H,6-7,10-12H2,1-2H3;4,7,9-10,12H,2-3,5-6,13H2,1H3;2-5H,1H3. The molecule has 18 heteroatoms. The number of ether oxygens (including phenoxy) is 2. The van der Waals surface area contributed by atoms with Gasteiger partial charge in [0.2, 0.25) is 4.73 Å². The number of anilines is 2. The lowest BCUT2D eigenvalue weighted by Crippen LogP contribution is -2.49. The fraction of sp³-hybridized carbons (Fsp3) is 0.442. The van der Waals surface area contributed by atoms with Crippen molar-refractivity contribution in [3.8, 4) is 23.5 Å². The predicted octanol–water partition coefficient (Wildman–Crippen LogP) is 8.05. The van der Waals surface area contributed by atoms with E-state index in [4.69, 9.17) is 38.4 Å². The third-order valence-electron chi connectivity index (χ3n) is 12.1. The van der Waals surface area contributed by atoms with E-state index in [0.29, 0.717) is 73.9 Å². The molecule has 2 aromatic carbocycles. The van der Waals surface area contributed by atoms with Gasteiger partial charge in [-0.25, -0.2) is 29.3 Å². The van der Waals surface area contributed by atoms with Crippen molar-refractivity contribution in [3.63, 3.8) is 0 Å². The minimum absolute atomic E-state index is 0.407. The zero-order valence-electron chi connectivity index (χ0n) is 34.7. The molecule has 4 fully saturated rings. The zero-order chi connectivity index (χ0) is 42.6. The van der Waals surface area contributed by atoms with E-state index in [2.05, 4.69) is 78.0 Å². The van der Waals surface area contributed by atoms with Crippen molar-refractivity contribution in [3.05, 3.63) is 105 Å². The first-order chi connectivity index (χ1) is 29.4. The summed E-state index contributed by atoms with van der Waals surface area (Å²) in [5.41, 5.74) is 8.24. The highest BCUT2D eigenvalue weighted by molar-refractivity contribution is 9.10. The predicted molar refractivity (Wildman–Crippen MR) is 238 cm³/mol. The number of halogens is 3. The van der Waals surface area contributed by atoms with Crippen LogP contribution in [0.15, 0.2) is 78.1 Å². The largest absolute Gasteiger partial charge is 0.424 e. The Bertz CT molecular complexity index is 2410. The summed E-state index contributed by atoms with van der Waals surface area (Å²) >= 11 is 15.0. The van der Waals surface area contributed by atoms with E-state index in [0.717, 1.165) is 61.4 Å². The van der Waals surface area contributed by atoms with E-state index >= 15 is 0 Å². The van der Waals surface area contributed by atoms with Crippen molar-refractivity contribution in [2.45, 2.75) is 52.0 Å². The first kappa shape index (κ1) is 42.8. The van der Waals surface area contributed by atoms with Crippen LogP contribution in [0.1, 0.15) is 42.9 Å². The van der Waals surface area contributed by atoms with Gasteiger partial charge in [0.15, 0.2) is 5.82 Å². The van der Waals surface area contributed by atoms with Gasteiger partial charge in [0.1, 0.15) is 35.8 Å². The molecule has 61 heavy (non-hydrogen) atoms. The van der Waals surface area contributed by atoms with Crippen molar-refractivity contribution in [1.82, 2.24) is 49.5 Å². The number of nitrogens with two attached hydrogens (primary N) is 1. The summed E-state index contributed by atoms with van der Waals surface area (Å²) in [6.45, 7) is 8.23. The van der Waals surface area contributed by atoms with Crippen molar-refractivity contribution < 1.29 is 9.47 Å². The Morgan fingerprint density at radius 2 is 1.13 bits per heavy atom. The molecule has 4 bridgehead atoms. The second-order valence-electron chi connectivity index (χ2n) is 16.3. The highest BCUT2D eigenvalue weighted by atomic mass is 79.9. The van der Waals surface area contributed by atoms with Crippen LogP contribution in [0.5, 0.6) is 23.5 Å². The molecule has 0 radical (unpaired) electrons. The van der Waals surface area contributed by atoms with Crippen LogP contribution in [0.25, 0.3) is 0 Å². The number of aromatic nitrogens is 10. The van der Waals surface area contributed by atoms with Gasteiger partial charge < -0.3 is 25.0 Å². The van der Waals surface area contributed by atoms with Crippen molar-refractivity contribution in [2.75, 3.05) is 36.0 Å². The van der Waals surface area contributed by atoms with Crippen molar-refractivity contribution >= 4 is 50.8 Å².